The zero-order valence-electron chi connectivity index (χ0n) is 8.85. The molecule has 1 rings (SSSR count). The summed E-state index contributed by atoms with van der Waals surface area (Å²) < 4.78 is 5.78. The van der Waals surface area contributed by atoms with Crippen molar-refractivity contribution in [2.24, 2.45) is 0 Å². The van der Waals surface area contributed by atoms with Gasteiger partial charge in [0.05, 0.1) is 22.9 Å². The van der Waals surface area contributed by atoms with Crippen LogP contribution in [0, 0.1) is 0 Å². The molecule has 0 aliphatic heterocycles. The molecule has 1 unspecified atom stereocenters. The van der Waals surface area contributed by atoms with Crippen LogP contribution in [0.4, 0.5) is 5.69 Å². The van der Waals surface area contributed by atoms with Crippen LogP contribution in [0.25, 0.3) is 0 Å². The number of anilines is 1. The van der Waals surface area contributed by atoms with Crippen molar-refractivity contribution in [3.8, 4) is 0 Å². The van der Waals surface area contributed by atoms with Crippen molar-refractivity contribution in [3.63, 3.8) is 0 Å². The van der Waals surface area contributed by atoms with Gasteiger partial charge in [-0.15, -0.1) is 0 Å². The zero-order chi connectivity index (χ0) is 11.3. The monoisotopic (exact) mass is 274 g/mol. The third kappa shape index (κ3) is 3.77. The highest BCUT2D eigenvalue weighted by Gasteiger charge is 2.10. The maximum atomic E-state index is 9.57. The molecular weight excluding hydrogens is 260 g/mol. The minimum Gasteiger partial charge on any atom is -0.389 e. The number of hydrogen-bond donors (Lipinski definition) is 1. The van der Waals surface area contributed by atoms with Gasteiger partial charge in [0.15, 0.2) is 0 Å². The number of aromatic nitrogens is 1. The number of pyridine rings is 1. The summed E-state index contributed by atoms with van der Waals surface area (Å²) in [5, 5.41) is 9.57. The number of methoxy groups -OCH3 is 1. The third-order valence-electron chi connectivity index (χ3n) is 2.01. The average Bonchev–Trinajstić information content (AvgIpc) is 2.18. The number of likely N-dealkylation sites (N-methyl/N-ethyl adjacent to an activating group) is 1. The van der Waals surface area contributed by atoms with Crippen LogP contribution < -0.4 is 4.90 Å². The molecule has 1 N–H and O–H groups in total. The molecule has 15 heavy (non-hydrogen) atoms. The first kappa shape index (κ1) is 12.4. The Hall–Kier alpha value is -0.650. The molecule has 4 nitrogen and oxygen atoms in total. The highest BCUT2D eigenvalue weighted by molar-refractivity contribution is 9.10. The van der Waals surface area contributed by atoms with Crippen LogP contribution >= 0.6 is 15.9 Å². The van der Waals surface area contributed by atoms with Crippen LogP contribution in [-0.2, 0) is 4.74 Å². The Kier molecular flexibility index (Phi) is 5.01. The van der Waals surface area contributed by atoms with E-state index in [9.17, 15) is 5.11 Å². The van der Waals surface area contributed by atoms with Gasteiger partial charge in [-0.25, -0.2) is 0 Å². The molecule has 0 radical (unpaired) electrons. The fourth-order valence-electron chi connectivity index (χ4n) is 1.34. The van der Waals surface area contributed by atoms with Gasteiger partial charge in [-0.05, 0) is 22.0 Å². The lowest BCUT2D eigenvalue weighted by atomic mass is 10.3. The number of rotatable bonds is 5. The quantitative estimate of drug-likeness (QED) is 0.879. The molecule has 1 aromatic heterocycles. The summed E-state index contributed by atoms with van der Waals surface area (Å²) in [6.07, 6.45) is 2.97. The summed E-state index contributed by atoms with van der Waals surface area (Å²) in [6.45, 7) is 0.865. The van der Waals surface area contributed by atoms with Gasteiger partial charge < -0.3 is 14.7 Å². The maximum absolute atomic E-state index is 9.57. The molecule has 0 aliphatic carbocycles. The molecule has 0 aromatic carbocycles. The number of hydrogen-bond acceptors (Lipinski definition) is 4. The van der Waals surface area contributed by atoms with Crippen LogP contribution in [0.3, 0.4) is 0 Å². The van der Waals surface area contributed by atoms with E-state index in [0.29, 0.717) is 13.2 Å². The summed E-state index contributed by atoms with van der Waals surface area (Å²) in [6, 6.07) is 1.89. The van der Waals surface area contributed by atoms with E-state index in [4.69, 9.17) is 4.74 Å². The normalized spacial score (nSPS) is 12.5. The second-order valence-corrected chi connectivity index (χ2v) is 4.17. The molecule has 0 bridgehead atoms. The lowest BCUT2D eigenvalue weighted by Gasteiger charge is -2.23. The molecule has 0 amide bonds. The van der Waals surface area contributed by atoms with Gasteiger partial charge in [-0.2, -0.15) is 0 Å². The van der Waals surface area contributed by atoms with E-state index in [0.717, 1.165) is 10.2 Å². The SMILES string of the molecule is COCC(O)CN(C)c1ccncc1Br. The largest absolute Gasteiger partial charge is 0.389 e. The van der Waals surface area contributed by atoms with Gasteiger partial charge in [0.2, 0.25) is 0 Å². The van der Waals surface area contributed by atoms with Crippen LogP contribution in [-0.4, -0.2) is 43.5 Å². The van der Waals surface area contributed by atoms with Gasteiger partial charge in [-0.1, -0.05) is 0 Å². The Morgan fingerprint density at radius 2 is 2.40 bits per heavy atom. The summed E-state index contributed by atoms with van der Waals surface area (Å²) in [5.41, 5.74) is 1.00. The van der Waals surface area contributed by atoms with Gasteiger partial charge in [0.1, 0.15) is 0 Å². The molecule has 1 atom stereocenters. The number of nitrogens with zero attached hydrogens (tertiary/aromatic N) is 2. The predicted octanol–water partition coefficient (Wildman–Crippen LogP) is 1.29. The van der Waals surface area contributed by atoms with E-state index in [1.54, 1.807) is 19.5 Å². The second-order valence-electron chi connectivity index (χ2n) is 3.32. The molecule has 0 saturated heterocycles. The van der Waals surface area contributed by atoms with Gasteiger partial charge in [0.25, 0.3) is 0 Å². The van der Waals surface area contributed by atoms with E-state index in [1.165, 1.54) is 0 Å². The lowest BCUT2D eigenvalue weighted by molar-refractivity contribution is 0.0695. The number of halogens is 1. The standard InChI is InChI=1S/C10H15BrN2O2/c1-13(6-8(14)7-15-2)10-3-4-12-5-9(10)11/h3-5,8,14H,6-7H2,1-2H3. The van der Waals surface area contributed by atoms with Crippen molar-refractivity contribution in [2.75, 3.05) is 32.2 Å². The minimum atomic E-state index is -0.486. The highest BCUT2D eigenvalue weighted by Crippen LogP contribution is 2.23. The summed E-state index contributed by atoms with van der Waals surface area (Å²) in [7, 11) is 3.49. The number of aliphatic hydroxyl groups excluding tert-OH is 1. The Balaban J connectivity index is 2.61. The van der Waals surface area contributed by atoms with E-state index >= 15 is 0 Å². The first-order chi connectivity index (χ1) is 7.15. The van der Waals surface area contributed by atoms with Crippen LogP contribution in [0.2, 0.25) is 0 Å². The molecule has 84 valence electrons. The Labute approximate surface area is 98.0 Å². The predicted molar refractivity (Wildman–Crippen MR) is 63.1 cm³/mol. The van der Waals surface area contributed by atoms with E-state index in [1.807, 2.05) is 18.0 Å². The molecule has 0 spiro atoms. The lowest BCUT2D eigenvalue weighted by Crippen LogP contribution is -2.32. The van der Waals surface area contributed by atoms with Crippen LogP contribution in [0.1, 0.15) is 0 Å². The first-order valence-electron chi connectivity index (χ1n) is 4.62. The molecule has 5 heteroatoms. The van der Waals surface area contributed by atoms with Crippen LogP contribution in [0.5, 0.6) is 0 Å². The van der Waals surface area contributed by atoms with Crippen molar-refractivity contribution >= 4 is 21.6 Å². The molecule has 1 heterocycles. The van der Waals surface area contributed by atoms with Gasteiger partial charge in [0, 0.05) is 33.1 Å². The molecule has 0 fully saturated rings. The van der Waals surface area contributed by atoms with E-state index in [-0.39, 0.29) is 0 Å². The fourth-order valence-corrected chi connectivity index (χ4v) is 1.89. The first-order valence-corrected chi connectivity index (χ1v) is 5.42. The fraction of sp³-hybridized carbons (Fsp3) is 0.500. The highest BCUT2D eigenvalue weighted by atomic mass is 79.9. The van der Waals surface area contributed by atoms with E-state index in [2.05, 4.69) is 20.9 Å². The second kappa shape index (κ2) is 6.05. The third-order valence-corrected chi connectivity index (χ3v) is 2.62. The van der Waals surface area contributed by atoms with Gasteiger partial charge >= 0.3 is 0 Å². The smallest absolute Gasteiger partial charge is 0.0947 e. The average molecular weight is 275 g/mol. The molecule has 0 aliphatic rings. The molecule has 1 aromatic rings. The van der Waals surface area contributed by atoms with Crippen molar-refractivity contribution in [2.45, 2.75) is 6.10 Å². The zero-order valence-corrected chi connectivity index (χ0v) is 10.4. The van der Waals surface area contributed by atoms with Gasteiger partial charge in [-0.3, -0.25) is 4.98 Å². The Morgan fingerprint density at radius 3 is 3.00 bits per heavy atom. The summed E-state index contributed by atoms with van der Waals surface area (Å²) in [4.78, 5) is 5.94. The molecular formula is C10H15BrN2O2. The summed E-state index contributed by atoms with van der Waals surface area (Å²) in [5.74, 6) is 0. The van der Waals surface area contributed by atoms with Crippen molar-refractivity contribution < 1.29 is 9.84 Å². The van der Waals surface area contributed by atoms with Crippen LogP contribution in [0.15, 0.2) is 22.9 Å². The Morgan fingerprint density at radius 1 is 1.67 bits per heavy atom. The van der Waals surface area contributed by atoms with Crippen molar-refractivity contribution in [1.82, 2.24) is 4.98 Å². The van der Waals surface area contributed by atoms with E-state index < -0.39 is 6.10 Å². The minimum absolute atomic E-state index is 0.340. The maximum Gasteiger partial charge on any atom is 0.0947 e. The van der Waals surface area contributed by atoms with Crippen molar-refractivity contribution in [1.29, 1.82) is 0 Å². The number of aliphatic hydroxyl groups is 1. The summed E-state index contributed by atoms with van der Waals surface area (Å²) >= 11 is 3.41. The van der Waals surface area contributed by atoms with Crippen molar-refractivity contribution in [3.05, 3.63) is 22.9 Å². The Bertz CT molecular complexity index is 309. The molecule has 0 saturated carbocycles. The topological polar surface area (TPSA) is 45.6 Å². The number of ether oxygens (including phenoxy) is 1.